The van der Waals surface area contributed by atoms with Gasteiger partial charge in [0.2, 0.25) is 0 Å². The van der Waals surface area contributed by atoms with E-state index in [1.165, 1.54) is 19.2 Å². The fourth-order valence-electron chi connectivity index (χ4n) is 1.74. The Kier molecular flexibility index (Phi) is 5.60. The Morgan fingerprint density at radius 3 is 2.24 bits per heavy atom. The highest BCUT2D eigenvalue weighted by Gasteiger charge is 2.46. The number of likely N-dealkylation sites (N-methyl/N-ethyl adjacent to an activating group) is 1. The largest absolute Gasteiger partial charge is 0.501 e. The number of methoxy groups -OCH3 is 1. The van der Waals surface area contributed by atoms with E-state index in [4.69, 9.17) is 10.5 Å². The summed E-state index contributed by atoms with van der Waals surface area (Å²) in [7, 11) is -2.11. The van der Waals surface area contributed by atoms with Crippen LogP contribution in [-0.2, 0) is 14.6 Å². The minimum Gasteiger partial charge on any atom is -0.383 e. The lowest BCUT2D eigenvalue weighted by atomic mass is 10.2. The van der Waals surface area contributed by atoms with Gasteiger partial charge in [0.15, 0.2) is 0 Å². The van der Waals surface area contributed by atoms with Crippen LogP contribution in [0.2, 0.25) is 0 Å². The van der Waals surface area contributed by atoms with Crippen molar-refractivity contribution < 1.29 is 26.3 Å². The summed E-state index contributed by atoms with van der Waals surface area (Å²) in [6.45, 7) is 0.754. The van der Waals surface area contributed by atoms with Gasteiger partial charge in [0, 0.05) is 32.4 Å². The summed E-state index contributed by atoms with van der Waals surface area (Å²) in [4.78, 5) is 0.918. The summed E-state index contributed by atoms with van der Waals surface area (Å²) in [6, 6.07) is 4.20. The molecule has 0 aliphatic heterocycles. The molecule has 0 aromatic heterocycles. The average Bonchev–Trinajstić information content (AvgIpc) is 2.37. The third-order valence-electron chi connectivity index (χ3n) is 2.78. The summed E-state index contributed by atoms with van der Waals surface area (Å²) in [6.07, 6.45) is 0. The lowest BCUT2D eigenvalue weighted by Crippen LogP contribution is -2.38. The van der Waals surface area contributed by atoms with Crippen LogP contribution in [-0.4, -0.2) is 47.3 Å². The fraction of sp³-hybridized carbons (Fsp3) is 0.500. The highest BCUT2D eigenvalue weighted by atomic mass is 32.2. The number of nitrogens with two attached hydrogens (primary N) is 1. The van der Waals surface area contributed by atoms with Gasteiger partial charge in [-0.3, -0.25) is 0 Å². The topological polar surface area (TPSA) is 72.6 Å². The van der Waals surface area contributed by atoms with E-state index in [9.17, 15) is 21.6 Å². The van der Waals surface area contributed by atoms with Crippen molar-refractivity contribution in [1.82, 2.24) is 0 Å². The maximum atomic E-state index is 12.4. The van der Waals surface area contributed by atoms with Crippen LogP contribution in [0.5, 0.6) is 0 Å². The number of benzene rings is 1. The van der Waals surface area contributed by atoms with Gasteiger partial charge in [-0.05, 0) is 24.3 Å². The van der Waals surface area contributed by atoms with E-state index in [0.29, 0.717) is 18.8 Å². The molecule has 0 radical (unpaired) electrons. The number of halogens is 3. The average molecular weight is 326 g/mol. The fourth-order valence-corrected chi connectivity index (χ4v) is 2.50. The van der Waals surface area contributed by atoms with Gasteiger partial charge in [0.05, 0.1) is 11.5 Å². The zero-order valence-corrected chi connectivity index (χ0v) is 12.4. The molecule has 0 spiro atoms. The van der Waals surface area contributed by atoms with Crippen LogP contribution < -0.4 is 10.6 Å². The van der Waals surface area contributed by atoms with Crippen molar-refractivity contribution in [2.45, 2.75) is 16.4 Å². The predicted molar refractivity (Wildman–Crippen MR) is 72.8 cm³/mol. The number of rotatable bonds is 6. The van der Waals surface area contributed by atoms with Crippen molar-refractivity contribution in [3.05, 3.63) is 24.3 Å². The van der Waals surface area contributed by atoms with Crippen LogP contribution in [0.15, 0.2) is 29.2 Å². The van der Waals surface area contributed by atoms with Crippen molar-refractivity contribution in [3.8, 4) is 0 Å². The van der Waals surface area contributed by atoms with Crippen molar-refractivity contribution in [2.75, 3.05) is 32.2 Å². The summed E-state index contributed by atoms with van der Waals surface area (Å²) >= 11 is 0. The van der Waals surface area contributed by atoms with Crippen LogP contribution in [0.1, 0.15) is 0 Å². The molecular formula is C12H17F3N2O3S. The maximum Gasteiger partial charge on any atom is 0.501 e. The summed E-state index contributed by atoms with van der Waals surface area (Å²) in [5.41, 5.74) is 1.02. The Hall–Kier alpha value is -1.32. The first-order valence-corrected chi connectivity index (χ1v) is 7.45. The number of hydrogen-bond acceptors (Lipinski definition) is 5. The van der Waals surface area contributed by atoms with Crippen LogP contribution >= 0.6 is 0 Å². The molecule has 0 aliphatic carbocycles. The van der Waals surface area contributed by atoms with Gasteiger partial charge >= 0.3 is 5.51 Å². The van der Waals surface area contributed by atoms with E-state index < -0.39 is 20.2 Å². The van der Waals surface area contributed by atoms with Gasteiger partial charge < -0.3 is 15.4 Å². The molecule has 21 heavy (non-hydrogen) atoms. The molecule has 2 N–H and O–H groups in total. The van der Waals surface area contributed by atoms with E-state index >= 15 is 0 Å². The first-order chi connectivity index (χ1) is 9.59. The summed E-state index contributed by atoms with van der Waals surface area (Å²) in [5, 5.41) is 0. The van der Waals surface area contributed by atoms with Gasteiger partial charge in [-0.25, -0.2) is 8.42 Å². The summed E-state index contributed by atoms with van der Waals surface area (Å²) in [5.74, 6) is 0. The molecule has 120 valence electrons. The normalized spacial score (nSPS) is 14.0. The van der Waals surface area contributed by atoms with Crippen LogP contribution in [0.25, 0.3) is 0 Å². The Morgan fingerprint density at radius 1 is 1.29 bits per heavy atom. The van der Waals surface area contributed by atoms with Gasteiger partial charge in [-0.2, -0.15) is 13.2 Å². The first kappa shape index (κ1) is 17.7. The SMILES string of the molecule is COCC(N)CN(C)c1ccc(S(=O)(=O)C(F)(F)F)cc1. The molecule has 0 fully saturated rings. The molecular weight excluding hydrogens is 309 g/mol. The highest BCUT2D eigenvalue weighted by Crippen LogP contribution is 2.30. The lowest BCUT2D eigenvalue weighted by Gasteiger charge is -2.23. The first-order valence-electron chi connectivity index (χ1n) is 5.96. The quantitative estimate of drug-likeness (QED) is 0.855. The molecule has 1 aromatic rings. The zero-order valence-electron chi connectivity index (χ0n) is 11.6. The van der Waals surface area contributed by atoms with Crippen LogP contribution in [0.3, 0.4) is 0 Å². The van der Waals surface area contributed by atoms with Crippen LogP contribution in [0.4, 0.5) is 18.9 Å². The summed E-state index contributed by atoms with van der Waals surface area (Å²) < 4.78 is 64.5. The van der Waals surface area contributed by atoms with Crippen molar-refractivity contribution in [1.29, 1.82) is 0 Å². The molecule has 9 heteroatoms. The third-order valence-corrected chi connectivity index (χ3v) is 4.28. The van der Waals surface area contributed by atoms with E-state index in [1.54, 1.807) is 11.9 Å². The molecule has 0 bridgehead atoms. The van der Waals surface area contributed by atoms with Gasteiger partial charge in [0.1, 0.15) is 0 Å². The number of alkyl halides is 3. The second-order valence-electron chi connectivity index (χ2n) is 4.54. The molecule has 0 heterocycles. The Bertz CT molecular complexity index is 558. The molecule has 1 unspecified atom stereocenters. The van der Waals surface area contributed by atoms with Crippen molar-refractivity contribution >= 4 is 15.5 Å². The Balaban J connectivity index is 2.88. The standard InChI is InChI=1S/C12H17F3N2O3S/c1-17(7-9(16)8-20-2)10-3-5-11(6-4-10)21(18,19)12(13,14)15/h3-6,9H,7-8,16H2,1-2H3. The van der Waals surface area contributed by atoms with Gasteiger partial charge in [0.25, 0.3) is 9.84 Å². The lowest BCUT2D eigenvalue weighted by molar-refractivity contribution is -0.0436. The molecule has 5 nitrogen and oxygen atoms in total. The molecule has 1 aromatic carbocycles. The van der Waals surface area contributed by atoms with E-state index in [0.717, 1.165) is 12.1 Å². The molecule has 0 saturated heterocycles. The van der Waals surface area contributed by atoms with E-state index in [1.807, 2.05) is 0 Å². The Labute approximate surface area is 121 Å². The minimum atomic E-state index is -5.31. The Morgan fingerprint density at radius 2 is 1.81 bits per heavy atom. The van der Waals surface area contributed by atoms with Crippen molar-refractivity contribution in [2.24, 2.45) is 5.73 Å². The monoisotopic (exact) mass is 326 g/mol. The molecule has 1 rings (SSSR count). The number of anilines is 1. The number of hydrogen-bond donors (Lipinski definition) is 1. The second kappa shape index (κ2) is 6.63. The molecule has 0 aliphatic rings. The smallest absolute Gasteiger partial charge is 0.383 e. The van der Waals surface area contributed by atoms with Crippen molar-refractivity contribution in [3.63, 3.8) is 0 Å². The van der Waals surface area contributed by atoms with Crippen LogP contribution in [0, 0.1) is 0 Å². The van der Waals surface area contributed by atoms with Gasteiger partial charge in [-0.1, -0.05) is 0 Å². The van der Waals surface area contributed by atoms with Gasteiger partial charge in [-0.15, -0.1) is 0 Å². The number of sulfone groups is 1. The highest BCUT2D eigenvalue weighted by molar-refractivity contribution is 7.92. The number of nitrogens with zero attached hydrogens (tertiary/aromatic N) is 1. The van der Waals surface area contributed by atoms with E-state index in [-0.39, 0.29) is 6.04 Å². The third kappa shape index (κ3) is 4.32. The molecule has 0 amide bonds. The molecule has 0 saturated carbocycles. The molecule has 1 atom stereocenters. The number of ether oxygens (including phenoxy) is 1. The van der Waals surface area contributed by atoms with E-state index in [2.05, 4.69) is 0 Å². The zero-order chi connectivity index (χ0) is 16.3. The predicted octanol–water partition coefficient (Wildman–Crippen LogP) is 1.39. The second-order valence-corrected chi connectivity index (χ2v) is 6.48. The maximum absolute atomic E-state index is 12.4. The minimum absolute atomic E-state index is 0.265.